The second-order valence-electron chi connectivity index (χ2n) is 8.28. The summed E-state index contributed by atoms with van der Waals surface area (Å²) in [5.74, 6) is -0.308. The van der Waals surface area contributed by atoms with E-state index in [1.165, 1.54) is 4.90 Å². The van der Waals surface area contributed by atoms with E-state index in [0.29, 0.717) is 17.1 Å². The number of benzene rings is 3. The molecule has 3 aromatic rings. The van der Waals surface area contributed by atoms with Crippen LogP contribution in [0, 0.1) is 13.8 Å². The number of hydrogen-bond acceptors (Lipinski definition) is 5. The molecule has 1 heterocycles. The van der Waals surface area contributed by atoms with Gasteiger partial charge in [0.25, 0.3) is 11.7 Å². The van der Waals surface area contributed by atoms with E-state index < -0.39 is 17.7 Å². The predicted octanol–water partition coefficient (Wildman–Crippen LogP) is 4.94. The van der Waals surface area contributed by atoms with Gasteiger partial charge in [-0.1, -0.05) is 42.5 Å². The minimum Gasteiger partial charge on any atom is -0.507 e. The van der Waals surface area contributed by atoms with Gasteiger partial charge in [0, 0.05) is 11.1 Å². The molecule has 1 saturated heterocycles. The van der Waals surface area contributed by atoms with Crippen LogP contribution in [0.25, 0.3) is 5.76 Å². The van der Waals surface area contributed by atoms with Crippen molar-refractivity contribution in [2.24, 2.45) is 0 Å². The summed E-state index contributed by atoms with van der Waals surface area (Å²) in [6.45, 7) is 3.91. The Morgan fingerprint density at radius 3 is 2.29 bits per heavy atom. The number of para-hydroxylation sites is 1. The molecule has 1 N–H and O–H groups in total. The molecular weight excluding hydrogens is 430 g/mol. The van der Waals surface area contributed by atoms with Crippen molar-refractivity contribution in [3.05, 3.63) is 100 Å². The number of aliphatic hydroxyl groups excluding tert-OH is 1. The normalized spacial score (nSPS) is 17.2. The maximum absolute atomic E-state index is 13.3. The first-order valence-electron chi connectivity index (χ1n) is 11.0. The first-order valence-corrected chi connectivity index (χ1v) is 11.0. The second kappa shape index (κ2) is 9.43. The third-order valence-electron chi connectivity index (χ3n) is 6.24. The standard InChI is InChI=1S/C28H27NO5/c1-17-9-5-7-11-21(17)25-24(26(30)22-14-13-20(33-3)15-18(22)2)27(31)28(32)29(25)16-19-10-6-8-12-23(19)34-4/h5-15,25,30H,16H2,1-4H3/b26-24+. The first-order chi connectivity index (χ1) is 16.4. The summed E-state index contributed by atoms with van der Waals surface area (Å²) in [5, 5.41) is 11.4. The molecule has 1 amide bonds. The Morgan fingerprint density at radius 1 is 0.912 bits per heavy atom. The van der Waals surface area contributed by atoms with Gasteiger partial charge in [0.05, 0.1) is 32.4 Å². The van der Waals surface area contributed by atoms with E-state index in [1.54, 1.807) is 32.4 Å². The highest BCUT2D eigenvalue weighted by Gasteiger charge is 2.46. The van der Waals surface area contributed by atoms with Crippen LogP contribution in [0.3, 0.4) is 0 Å². The van der Waals surface area contributed by atoms with E-state index in [4.69, 9.17) is 9.47 Å². The summed E-state index contributed by atoms with van der Waals surface area (Å²) in [5.41, 5.74) is 3.75. The zero-order valence-corrected chi connectivity index (χ0v) is 19.7. The van der Waals surface area contributed by atoms with Crippen molar-refractivity contribution in [2.45, 2.75) is 26.4 Å². The van der Waals surface area contributed by atoms with Crippen molar-refractivity contribution in [3.63, 3.8) is 0 Å². The van der Waals surface area contributed by atoms with E-state index in [0.717, 1.165) is 22.3 Å². The number of hydrogen-bond donors (Lipinski definition) is 1. The Balaban J connectivity index is 1.90. The summed E-state index contributed by atoms with van der Waals surface area (Å²) in [7, 11) is 3.13. The first kappa shape index (κ1) is 23.1. The van der Waals surface area contributed by atoms with E-state index in [2.05, 4.69) is 0 Å². The van der Waals surface area contributed by atoms with Crippen LogP contribution in [0.5, 0.6) is 11.5 Å². The van der Waals surface area contributed by atoms with Gasteiger partial charge in [0.1, 0.15) is 17.3 Å². The summed E-state index contributed by atoms with van der Waals surface area (Å²) in [4.78, 5) is 28.2. The van der Waals surface area contributed by atoms with Gasteiger partial charge in [0.2, 0.25) is 0 Å². The number of nitrogens with zero attached hydrogens (tertiary/aromatic N) is 1. The van der Waals surface area contributed by atoms with E-state index in [-0.39, 0.29) is 17.9 Å². The van der Waals surface area contributed by atoms with Crippen molar-refractivity contribution in [1.29, 1.82) is 0 Å². The highest BCUT2D eigenvalue weighted by molar-refractivity contribution is 6.46. The molecular formula is C28H27NO5. The SMILES string of the molecule is COc1ccc(/C(O)=C2\C(=O)C(=O)N(Cc3ccccc3OC)C2c2ccccc2C)c(C)c1. The van der Waals surface area contributed by atoms with Crippen molar-refractivity contribution in [3.8, 4) is 11.5 Å². The zero-order valence-electron chi connectivity index (χ0n) is 19.7. The minimum atomic E-state index is -0.743. The fourth-order valence-electron chi connectivity index (χ4n) is 4.45. The molecule has 6 nitrogen and oxygen atoms in total. The van der Waals surface area contributed by atoms with Crippen LogP contribution in [0.2, 0.25) is 0 Å². The molecule has 0 aromatic heterocycles. The van der Waals surface area contributed by atoms with E-state index in [1.807, 2.05) is 62.4 Å². The summed E-state index contributed by atoms with van der Waals surface area (Å²) < 4.78 is 10.7. The molecule has 1 atom stereocenters. The lowest BCUT2D eigenvalue weighted by Crippen LogP contribution is -2.29. The van der Waals surface area contributed by atoms with Gasteiger partial charge in [-0.3, -0.25) is 9.59 Å². The number of likely N-dealkylation sites (tertiary alicyclic amines) is 1. The number of rotatable bonds is 6. The monoisotopic (exact) mass is 457 g/mol. The van der Waals surface area contributed by atoms with Crippen molar-refractivity contribution >= 4 is 17.4 Å². The van der Waals surface area contributed by atoms with Crippen LogP contribution in [0.15, 0.2) is 72.3 Å². The highest BCUT2D eigenvalue weighted by atomic mass is 16.5. The van der Waals surface area contributed by atoms with Crippen LogP contribution < -0.4 is 9.47 Å². The number of Topliss-reactive ketones (excluding diaryl/α,β-unsaturated/α-hetero) is 1. The number of ketones is 1. The van der Waals surface area contributed by atoms with Crippen molar-refractivity contribution in [1.82, 2.24) is 4.90 Å². The van der Waals surface area contributed by atoms with Gasteiger partial charge in [0.15, 0.2) is 0 Å². The molecule has 0 saturated carbocycles. The van der Waals surface area contributed by atoms with Crippen molar-refractivity contribution in [2.75, 3.05) is 14.2 Å². The second-order valence-corrected chi connectivity index (χ2v) is 8.28. The van der Waals surface area contributed by atoms with Gasteiger partial charge >= 0.3 is 0 Å². The van der Waals surface area contributed by atoms with Gasteiger partial charge < -0.3 is 19.5 Å². The maximum Gasteiger partial charge on any atom is 0.295 e. The van der Waals surface area contributed by atoms with Crippen LogP contribution in [-0.4, -0.2) is 35.9 Å². The molecule has 0 bridgehead atoms. The average molecular weight is 458 g/mol. The number of aryl methyl sites for hydroxylation is 2. The van der Waals surface area contributed by atoms with Crippen LogP contribution in [0.4, 0.5) is 0 Å². The minimum absolute atomic E-state index is 0.0717. The molecule has 3 aromatic carbocycles. The molecule has 0 radical (unpaired) electrons. The largest absolute Gasteiger partial charge is 0.507 e. The predicted molar refractivity (Wildman–Crippen MR) is 130 cm³/mol. The molecule has 0 aliphatic carbocycles. The fourth-order valence-corrected chi connectivity index (χ4v) is 4.45. The number of amides is 1. The van der Waals surface area contributed by atoms with Crippen molar-refractivity contribution < 1.29 is 24.2 Å². The third-order valence-corrected chi connectivity index (χ3v) is 6.24. The average Bonchev–Trinajstić information content (AvgIpc) is 3.09. The number of carbonyl (C=O) groups is 2. The van der Waals surface area contributed by atoms with Gasteiger partial charge in [-0.15, -0.1) is 0 Å². The smallest absolute Gasteiger partial charge is 0.295 e. The molecule has 0 spiro atoms. The van der Waals surface area contributed by atoms with Crippen LogP contribution in [0.1, 0.15) is 33.9 Å². The Morgan fingerprint density at radius 2 is 1.62 bits per heavy atom. The Hall–Kier alpha value is -4.06. The Labute approximate surface area is 199 Å². The number of methoxy groups -OCH3 is 2. The van der Waals surface area contributed by atoms with Crippen LogP contribution >= 0.6 is 0 Å². The van der Waals surface area contributed by atoms with E-state index >= 15 is 0 Å². The quantitative estimate of drug-likeness (QED) is 0.322. The summed E-state index contributed by atoms with van der Waals surface area (Å²) in [6.07, 6.45) is 0. The summed E-state index contributed by atoms with van der Waals surface area (Å²) in [6, 6.07) is 19.4. The lowest BCUT2D eigenvalue weighted by Gasteiger charge is -2.27. The van der Waals surface area contributed by atoms with E-state index in [9.17, 15) is 14.7 Å². The molecule has 1 aliphatic rings. The molecule has 34 heavy (non-hydrogen) atoms. The topological polar surface area (TPSA) is 76.1 Å². The Kier molecular flexibility index (Phi) is 6.41. The van der Waals surface area contributed by atoms with Gasteiger partial charge in [-0.05, 0) is 54.8 Å². The maximum atomic E-state index is 13.3. The molecule has 1 unspecified atom stereocenters. The third kappa shape index (κ3) is 4.03. The number of ether oxygens (including phenoxy) is 2. The molecule has 6 heteroatoms. The fraction of sp³-hybridized carbons (Fsp3) is 0.214. The van der Waals surface area contributed by atoms with Gasteiger partial charge in [-0.2, -0.15) is 0 Å². The summed E-state index contributed by atoms with van der Waals surface area (Å²) >= 11 is 0. The lowest BCUT2D eigenvalue weighted by molar-refractivity contribution is -0.140. The molecule has 1 fully saturated rings. The van der Waals surface area contributed by atoms with Gasteiger partial charge in [-0.25, -0.2) is 0 Å². The van der Waals surface area contributed by atoms with Crippen LogP contribution in [-0.2, 0) is 16.1 Å². The molecule has 1 aliphatic heterocycles. The Bertz CT molecular complexity index is 1290. The molecule has 4 rings (SSSR count). The number of aliphatic hydroxyl groups is 1. The molecule has 174 valence electrons. The lowest BCUT2D eigenvalue weighted by atomic mass is 9.91. The zero-order chi connectivity index (χ0) is 24.4. The highest BCUT2D eigenvalue weighted by Crippen LogP contribution is 2.42. The number of carbonyl (C=O) groups excluding carboxylic acids is 2.